The number of benzene rings is 1. The summed E-state index contributed by atoms with van der Waals surface area (Å²) in [5.74, 6) is -1.47. The van der Waals surface area contributed by atoms with Crippen LogP contribution in [0.3, 0.4) is 0 Å². The van der Waals surface area contributed by atoms with Gasteiger partial charge in [0.1, 0.15) is 23.1 Å². The third-order valence-corrected chi connectivity index (χ3v) is 3.30. The quantitative estimate of drug-likeness (QED) is 0.758. The molecule has 2 N–H and O–H groups in total. The Morgan fingerprint density at radius 3 is 2.61 bits per heavy atom. The monoisotopic (exact) mass is 319 g/mol. The number of hydrogen-bond donors (Lipinski definition) is 2. The van der Waals surface area contributed by atoms with Gasteiger partial charge in [-0.2, -0.15) is 0 Å². The molecule has 1 aromatic carbocycles. The van der Waals surface area contributed by atoms with Crippen molar-refractivity contribution < 1.29 is 13.6 Å². The molecular formula is C17H19F2N3O. The molecule has 0 unspecified atom stereocenters. The number of pyridine rings is 1. The van der Waals surface area contributed by atoms with Crippen molar-refractivity contribution in [3.05, 3.63) is 53.7 Å². The van der Waals surface area contributed by atoms with Gasteiger partial charge in [0.25, 0.3) is 5.91 Å². The van der Waals surface area contributed by atoms with Gasteiger partial charge in [0.15, 0.2) is 0 Å². The normalized spacial score (nSPS) is 10.4. The van der Waals surface area contributed by atoms with E-state index in [1.165, 1.54) is 18.3 Å². The fourth-order valence-corrected chi connectivity index (χ4v) is 2.06. The van der Waals surface area contributed by atoms with Crippen LogP contribution in [0, 0.1) is 11.6 Å². The first-order chi connectivity index (χ1) is 11.1. The van der Waals surface area contributed by atoms with Crippen molar-refractivity contribution in [3.63, 3.8) is 0 Å². The molecule has 23 heavy (non-hydrogen) atoms. The minimum Gasteiger partial charge on any atom is -0.352 e. The second-order valence-electron chi connectivity index (χ2n) is 5.11. The van der Waals surface area contributed by atoms with Gasteiger partial charge in [-0.05, 0) is 30.7 Å². The highest BCUT2D eigenvalue weighted by atomic mass is 19.1. The van der Waals surface area contributed by atoms with Crippen molar-refractivity contribution in [2.24, 2.45) is 0 Å². The van der Waals surface area contributed by atoms with Crippen molar-refractivity contribution in [1.82, 2.24) is 10.3 Å². The Morgan fingerprint density at radius 2 is 1.91 bits per heavy atom. The Hall–Kier alpha value is -2.50. The molecule has 6 heteroatoms. The highest BCUT2D eigenvalue weighted by Gasteiger charge is 2.11. The Balaban J connectivity index is 2.06. The van der Waals surface area contributed by atoms with Crippen LogP contribution in [0.1, 0.15) is 36.5 Å². The molecule has 0 aliphatic carbocycles. The summed E-state index contributed by atoms with van der Waals surface area (Å²) in [4.78, 5) is 16.0. The van der Waals surface area contributed by atoms with Crippen LogP contribution in [-0.2, 0) is 0 Å². The second kappa shape index (κ2) is 8.22. The molecule has 1 aromatic heterocycles. The number of nitrogens with one attached hydrogen (secondary N) is 2. The Kier molecular flexibility index (Phi) is 6.02. The Bertz CT molecular complexity index is 656. The molecule has 0 aliphatic heterocycles. The number of rotatable bonds is 7. The third kappa shape index (κ3) is 4.74. The number of amides is 1. The maximum absolute atomic E-state index is 13.6. The zero-order valence-electron chi connectivity index (χ0n) is 12.9. The number of anilines is 2. The molecule has 1 amide bonds. The molecule has 0 radical (unpaired) electrons. The topological polar surface area (TPSA) is 54.0 Å². The summed E-state index contributed by atoms with van der Waals surface area (Å²) < 4.78 is 27.2. The van der Waals surface area contributed by atoms with Crippen LogP contribution < -0.4 is 10.6 Å². The number of carbonyl (C=O) groups excluding carboxylic acids is 1. The van der Waals surface area contributed by atoms with E-state index >= 15 is 0 Å². The zero-order chi connectivity index (χ0) is 16.7. The summed E-state index contributed by atoms with van der Waals surface area (Å²) >= 11 is 0. The number of aromatic nitrogens is 1. The van der Waals surface area contributed by atoms with Crippen molar-refractivity contribution in [2.45, 2.75) is 26.2 Å². The summed E-state index contributed by atoms with van der Waals surface area (Å²) in [7, 11) is 0. The lowest BCUT2D eigenvalue weighted by Gasteiger charge is -2.09. The van der Waals surface area contributed by atoms with Crippen LogP contribution in [0.5, 0.6) is 0 Å². The predicted octanol–water partition coefficient (Wildman–Crippen LogP) is 4.02. The first-order valence-corrected chi connectivity index (χ1v) is 7.57. The van der Waals surface area contributed by atoms with E-state index in [0.717, 1.165) is 31.4 Å². The molecule has 2 rings (SSSR count). The average molecular weight is 319 g/mol. The lowest BCUT2D eigenvalue weighted by Crippen LogP contribution is -2.24. The van der Waals surface area contributed by atoms with E-state index in [2.05, 4.69) is 22.5 Å². The van der Waals surface area contributed by atoms with E-state index in [1.54, 1.807) is 6.07 Å². The Morgan fingerprint density at radius 1 is 1.17 bits per heavy atom. The molecular weight excluding hydrogens is 300 g/mol. The summed E-state index contributed by atoms with van der Waals surface area (Å²) in [5.41, 5.74) is 0.0937. The highest BCUT2D eigenvalue weighted by Crippen LogP contribution is 2.22. The van der Waals surface area contributed by atoms with E-state index in [-0.39, 0.29) is 17.4 Å². The average Bonchev–Trinajstić information content (AvgIpc) is 2.55. The van der Waals surface area contributed by atoms with E-state index in [9.17, 15) is 13.6 Å². The smallest absolute Gasteiger partial charge is 0.251 e. The third-order valence-electron chi connectivity index (χ3n) is 3.30. The second-order valence-corrected chi connectivity index (χ2v) is 5.11. The summed E-state index contributed by atoms with van der Waals surface area (Å²) in [6.07, 6.45) is 4.46. The minimum atomic E-state index is -0.721. The molecule has 0 saturated carbocycles. The molecule has 0 bridgehead atoms. The van der Waals surface area contributed by atoms with Gasteiger partial charge in [-0.1, -0.05) is 25.8 Å². The summed E-state index contributed by atoms with van der Waals surface area (Å²) in [6, 6.07) is 6.59. The van der Waals surface area contributed by atoms with Gasteiger partial charge in [-0.15, -0.1) is 0 Å². The lowest BCUT2D eigenvalue weighted by molar-refractivity contribution is 0.0953. The van der Waals surface area contributed by atoms with Crippen molar-refractivity contribution in [2.75, 3.05) is 11.9 Å². The molecule has 2 aromatic rings. The van der Waals surface area contributed by atoms with E-state index < -0.39 is 11.6 Å². The fourth-order valence-electron chi connectivity index (χ4n) is 2.06. The molecule has 0 fully saturated rings. The molecule has 0 saturated heterocycles. The predicted molar refractivity (Wildman–Crippen MR) is 85.7 cm³/mol. The molecule has 122 valence electrons. The van der Waals surface area contributed by atoms with Gasteiger partial charge in [0.2, 0.25) is 0 Å². The van der Waals surface area contributed by atoms with Gasteiger partial charge < -0.3 is 10.6 Å². The van der Waals surface area contributed by atoms with Gasteiger partial charge >= 0.3 is 0 Å². The first-order valence-electron chi connectivity index (χ1n) is 7.57. The number of carbonyl (C=O) groups is 1. The maximum Gasteiger partial charge on any atom is 0.251 e. The van der Waals surface area contributed by atoms with Gasteiger partial charge in [0, 0.05) is 18.3 Å². The Labute approximate surface area is 133 Å². The van der Waals surface area contributed by atoms with Gasteiger partial charge in [0.05, 0.1) is 0 Å². The lowest BCUT2D eigenvalue weighted by atomic mass is 10.2. The zero-order valence-corrected chi connectivity index (χ0v) is 12.9. The largest absolute Gasteiger partial charge is 0.352 e. The number of nitrogens with zero attached hydrogens (tertiary/aromatic N) is 1. The van der Waals surface area contributed by atoms with Gasteiger partial charge in [-0.25, -0.2) is 13.8 Å². The number of unbranched alkanes of at least 4 members (excludes halogenated alkanes) is 2. The molecule has 1 heterocycles. The first kappa shape index (κ1) is 16.9. The molecule has 0 spiro atoms. The number of halogens is 2. The van der Waals surface area contributed by atoms with Crippen LogP contribution in [-0.4, -0.2) is 17.4 Å². The van der Waals surface area contributed by atoms with Crippen LogP contribution in [0.15, 0.2) is 36.5 Å². The van der Waals surface area contributed by atoms with E-state index in [4.69, 9.17) is 0 Å². The van der Waals surface area contributed by atoms with Gasteiger partial charge in [-0.3, -0.25) is 4.79 Å². The van der Waals surface area contributed by atoms with Crippen LogP contribution in [0.25, 0.3) is 0 Å². The standard InChI is InChI=1S/C17H19F2N3O/c1-2-3-4-9-21-17(23)12-8-10-20-15(11-12)22-16-13(18)6-5-7-14(16)19/h5-8,10-11H,2-4,9H2,1H3,(H,20,22)(H,21,23). The van der Waals surface area contributed by atoms with E-state index in [1.807, 2.05) is 0 Å². The summed E-state index contributed by atoms with van der Waals surface area (Å²) in [5, 5.41) is 5.38. The maximum atomic E-state index is 13.6. The number of hydrogen-bond acceptors (Lipinski definition) is 3. The van der Waals surface area contributed by atoms with Crippen molar-refractivity contribution in [3.8, 4) is 0 Å². The highest BCUT2D eigenvalue weighted by molar-refractivity contribution is 5.94. The van der Waals surface area contributed by atoms with E-state index in [0.29, 0.717) is 12.1 Å². The van der Waals surface area contributed by atoms with Crippen molar-refractivity contribution >= 4 is 17.4 Å². The number of para-hydroxylation sites is 1. The molecule has 0 atom stereocenters. The fraction of sp³-hybridized carbons (Fsp3) is 0.294. The minimum absolute atomic E-state index is 0.204. The van der Waals surface area contributed by atoms with Crippen LogP contribution in [0.4, 0.5) is 20.3 Å². The van der Waals surface area contributed by atoms with Crippen molar-refractivity contribution in [1.29, 1.82) is 0 Å². The van der Waals surface area contributed by atoms with Crippen LogP contribution >= 0.6 is 0 Å². The summed E-state index contributed by atoms with van der Waals surface area (Å²) in [6.45, 7) is 2.68. The molecule has 4 nitrogen and oxygen atoms in total. The van der Waals surface area contributed by atoms with Crippen LogP contribution in [0.2, 0.25) is 0 Å². The molecule has 0 aliphatic rings. The SMILES string of the molecule is CCCCCNC(=O)c1ccnc(Nc2c(F)cccc2F)c1.